The van der Waals surface area contributed by atoms with Crippen molar-refractivity contribution in [3.63, 3.8) is 0 Å². The molecule has 0 bridgehead atoms. The third kappa shape index (κ3) is 4.58. The lowest BCUT2D eigenvalue weighted by atomic mass is 10.2. The Morgan fingerprint density at radius 1 is 1.13 bits per heavy atom. The molecule has 1 heterocycles. The zero-order valence-corrected chi connectivity index (χ0v) is 10.7. The molecule has 15 heavy (non-hydrogen) atoms. The monoisotopic (exact) mass is 236 g/mol. The van der Waals surface area contributed by atoms with Gasteiger partial charge in [0, 0.05) is 27.9 Å². The Bertz CT molecular complexity index is 162. The highest BCUT2D eigenvalue weighted by Gasteiger charge is 2.41. The third-order valence-corrected chi connectivity index (χ3v) is 4.41. The van der Waals surface area contributed by atoms with Gasteiger partial charge in [-0.25, -0.2) is 0 Å². The normalized spacial score (nSPS) is 20.6. The summed E-state index contributed by atoms with van der Waals surface area (Å²) in [5.74, 6) is 0. The van der Waals surface area contributed by atoms with Crippen LogP contribution in [-0.2, 0) is 22.4 Å². The van der Waals surface area contributed by atoms with Gasteiger partial charge in [-0.15, -0.1) is 0 Å². The van der Waals surface area contributed by atoms with Gasteiger partial charge < -0.3 is 22.4 Å². The molecule has 0 N–H and O–H groups in total. The lowest BCUT2D eigenvalue weighted by molar-refractivity contribution is 0.00501. The smallest absolute Gasteiger partial charge is 0.373 e. The van der Waals surface area contributed by atoms with Crippen molar-refractivity contribution in [1.29, 1.82) is 0 Å². The molecule has 0 aliphatic carbocycles. The number of unbranched alkanes of at least 4 members (excludes halogenated alkanes) is 1. The van der Waals surface area contributed by atoms with Crippen LogP contribution in [0.1, 0.15) is 19.3 Å². The standard InChI is InChI=1S/C9H20O5Si/c1-10-15(11-2,12-3)14-7-5-4-6-9-8-13-9/h9H,4-8H2,1-3H3. The molecule has 1 atom stereocenters. The molecule has 0 radical (unpaired) electrons. The van der Waals surface area contributed by atoms with Gasteiger partial charge in [-0.3, -0.25) is 0 Å². The van der Waals surface area contributed by atoms with Crippen LogP contribution in [0.15, 0.2) is 0 Å². The summed E-state index contributed by atoms with van der Waals surface area (Å²) in [6, 6.07) is 0. The molecule has 1 rings (SSSR count). The number of rotatable bonds is 9. The van der Waals surface area contributed by atoms with Crippen LogP contribution in [0.4, 0.5) is 0 Å². The Balaban J connectivity index is 2.04. The van der Waals surface area contributed by atoms with Gasteiger partial charge in [0.15, 0.2) is 0 Å². The van der Waals surface area contributed by atoms with Gasteiger partial charge in [0.2, 0.25) is 0 Å². The van der Waals surface area contributed by atoms with E-state index < -0.39 is 9.05 Å². The van der Waals surface area contributed by atoms with Gasteiger partial charge in [0.25, 0.3) is 0 Å². The van der Waals surface area contributed by atoms with E-state index in [0.717, 1.165) is 25.9 Å². The van der Waals surface area contributed by atoms with Crippen molar-refractivity contribution in [3.8, 4) is 0 Å². The molecule has 0 spiro atoms. The first-order chi connectivity index (χ1) is 7.26. The van der Waals surface area contributed by atoms with Crippen LogP contribution < -0.4 is 0 Å². The maximum absolute atomic E-state index is 5.51. The van der Waals surface area contributed by atoms with Crippen LogP contribution in [0, 0.1) is 0 Å². The van der Waals surface area contributed by atoms with Crippen molar-refractivity contribution in [1.82, 2.24) is 0 Å². The number of hydrogen-bond donors (Lipinski definition) is 0. The molecule has 5 nitrogen and oxygen atoms in total. The molecule has 1 aliphatic heterocycles. The topological polar surface area (TPSA) is 49.5 Å². The first-order valence-electron chi connectivity index (χ1n) is 5.17. The molecule has 0 aromatic carbocycles. The van der Waals surface area contributed by atoms with Gasteiger partial charge in [-0.05, 0) is 19.3 Å². The van der Waals surface area contributed by atoms with E-state index in [2.05, 4.69) is 0 Å². The zero-order valence-electron chi connectivity index (χ0n) is 9.65. The maximum atomic E-state index is 5.51. The average Bonchev–Trinajstić information content (AvgIpc) is 3.08. The highest BCUT2D eigenvalue weighted by molar-refractivity contribution is 6.53. The van der Waals surface area contributed by atoms with Crippen LogP contribution in [-0.4, -0.2) is 49.7 Å². The van der Waals surface area contributed by atoms with E-state index >= 15 is 0 Å². The van der Waals surface area contributed by atoms with Crippen LogP contribution in [0.3, 0.4) is 0 Å². The molecule has 1 saturated heterocycles. The Kier molecular flexibility index (Phi) is 5.73. The fourth-order valence-corrected chi connectivity index (χ4v) is 2.58. The lowest BCUT2D eigenvalue weighted by Gasteiger charge is -2.22. The van der Waals surface area contributed by atoms with E-state index in [1.807, 2.05) is 0 Å². The van der Waals surface area contributed by atoms with Crippen molar-refractivity contribution >= 4 is 9.05 Å². The largest absolute Gasteiger partial charge is 0.678 e. The van der Waals surface area contributed by atoms with Crippen molar-refractivity contribution in [2.45, 2.75) is 25.4 Å². The average molecular weight is 236 g/mol. The van der Waals surface area contributed by atoms with Gasteiger partial charge >= 0.3 is 9.05 Å². The van der Waals surface area contributed by atoms with Crippen molar-refractivity contribution in [2.75, 3.05) is 34.5 Å². The summed E-state index contributed by atoms with van der Waals surface area (Å²) in [5.41, 5.74) is 0. The summed E-state index contributed by atoms with van der Waals surface area (Å²) in [6.07, 6.45) is 3.70. The summed E-state index contributed by atoms with van der Waals surface area (Å²) in [6.45, 7) is 1.53. The van der Waals surface area contributed by atoms with Crippen molar-refractivity contribution in [2.24, 2.45) is 0 Å². The lowest BCUT2D eigenvalue weighted by Crippen LogP contribution is -2.46. The summed E-state index contributed by atoms with van der Waals surface area (Å²) >= 11 is 0. The van der Waals surface area contributed by atoms with E-state index in [-0.39, 0.29) is 0 Å². The van der Waals surface area contributed by atoms with Gasteiger partial charge in [-0.2, -0.15) is 0 Å². The van der Waals surface area contributed by atoms with Crippen molar-refractivity contribution in [3.05, 3.63) is 0 Å². The summed E-state index contributed by atoms with van der Waals surface area (Å²) in [5, 5.41) is 0. The molecule has 1 fully saturated rings. The molecule has 6 heteroatoms. The van der Waals surface area contributed by atoms with Crippen molar-refractivity contribution < 1.29 is 22.4 Å². The minimum absolute atomic E-state index is 0.499. The molecule has 0 aromatic rings. The van der Waals surface area contributed by atoms with Gasteiger partial charge in [-0.1, -0.05) is 0 Å². The summed E-state index contributed by atoms with van der Waals surface area (Å²) in [7, 11) is 1.81. The van der Waals surface area contributed by atoms with E-state index in [4.69, 9.17) is 22.4 Å². The molecular formula is C9H20O5Si. The van der Waals surface area contributed by atoms with E-state index in [0.29, 0.717) is 12.7 Å². The minimum Gasteiger partial charge on any atom is -0.373 e. The fourth-order valence-electron chi connectivity index (χ4n) is 1.33. The second-order valence-electron chi connectivity index (χ2n) is 3.41. The molecule has 1 unspecified atom stereocenters. The van der Waals surface area contributed by atoms with E-state index in [1.165, 1.54) is 21.3 Å². The maximum Gasteiger partial charge on any atom is 0.678 e. The van der Waals surface area contributed by atoms with Crippen LogP contribution in [0.25, 0.3) is 0 Å². The number of ether oxygens (including phenoxy) is 1. The summed E-state index contributed by atoms with van der Waals surface area (Å²) < 4.78 is 26.0. The molecule has 0 amide bonds. The van der Waals surface area contributed by atoms with E-state index in [1.54, 1.807) is 0 Å². The minimum atomic E-state index is -2.81. The molecule has 0 saturated carbocycles. The van der Waals surface area contributed by atoms with Crippen LogP contribution >= 0.6 is 0 Å². The number of epoxide rings is 1. The van der Waals surface area contributed by atoms with E-state index in [9.17, 15) is 0 Å². The SMILES string of the molecule is CO[Si](OC)(OC)OCCCCC1CO1. The summed E-state index contributed by atoms with van der Waals surface area (Å²) in [4.78, 5) is 0. The zero-order chi connectivity index (χ0) is 11.1. The Hall–Kier alpha value is 0.0169. The fraction of sp³-hybridized carbons (Fsp3) is 1.00. The Morgan fingerprint density at radius 2 is 1.73 bits per heavy atom. The van der Waals surface area contributed by atoms with Gasteiger partial charge in [0.1, 0.15) is 0 Å². The second kappa shape index (κ2) is 6.57. The third-order valence-electron chi connectivity index (χ3n) is 2.35. The van der Waals surface area contributed by atoms with Gasteiger partial charge in [0.05, 0.1) is 12.7 Å². The molecule has 1 aliphatic rings. The molecule has 90 valence electrons. The highest BCUT2D eigenvalue weighted by Crippen LogP contribution is 2.17. The number of hydrogen-bond acceptors (Lipinski definition) is 5. The predicted molar refractivity (Wildman–Crippen MR) is 56.3 cm³/mol. The first-order valence-corrected chi connectivity index (χ1v) is 6.80. The highest BCUT2D eigenvalue weighted by atomic mass is 28.4. The second-order valence-corrected chi connectivity index (χ2v) is 5.93. The Morgan fingerprint density at radius 3 is 2.20 bits per heavy atom. The quantitative estimate of drug-likeness (QED) is 0.339. The first kappa shape index (κ1) is 13.1. The van der Waals surface area contributed by atoms with Crippen LogP contribution in [0.5, 0.6) is 0 Å². The Labute approximate surface area is 92.1 Å². The molecular weight excluding hydrogens is 216 g/mol. The van der Waals surface area contributed by atoms with Crippen LogP contribution in [0.2, 0.25) is 0 Å². The predicted octanol–water partition coefficient (Wildman–Crippen LogP) is 0.947. The molecule has 0 aromatic heterocycles.